The summed E-state index contributed by atoms with van der Waals surface area (Å²) in [6, 6.07) is 9.62. The molecule has 3 heterocycles. The molecule has 0 aliphatic rings. The first kappa shape index (κ1) is 18.0. The summed E-state index contributed by atoms with van der Waals surface area (Å²) in [4.78, 5) is 13.1. The van der Waals surface area contributed by atoms with Crippen LogP contribution in [0.4, 0.5) is 5.82 Å². The van der Waals surface area contributed by atoms with Gasteiger partial charge in [-0.3, -0.25) is 14.2 Å². The van der Waals surface area contributed by atoms with Crippen molar-refractivity contribution in [2.24, 2.45) is 7.05 Å². The Labute approximate surface area is 160 Å². The number of anilines is 1. The van der Waals surface area contributed by atoms with E-state index in [9.17, 15) is 8.42 Å². The quantitative estimate of drug-likeness (QED) is 0.493. The van der Waals surface area contributed by atoms with Crippen LogP contribution in [0, 0.1) is 0 Å². The zero-order valence-electron chi connectivity index (χ0n) is 14.8. The topological polar surface area (TPSA) is 123 Å². The molecule has 3 aromatic heterocycles. The van der Waals surface area contributed by atoms with E-state index in [-0.39, 0.29) is 4.90 Å². The number of rotatable bonds is 5. The third-order valence-electron chi connectivity index (χ3n) is 4.21. The van der Waals surface area contributed by atoms with Gasteiger partial charge in [0.15, 0.2) is 11.5 Å². The van der Waals surface area contributed by atoms with Crippen LogP contribution in [0.25, 0.3) is 22.4 Å². The third kappa shape index (κ3) is 3.55. The van der Waals surface area contributed by atoms with Crippen molar-refractivity contribution in [3.8, 4) is 11.4 Å². The van der Waals surface area contributed by atoms with Crippen molar-refractivity contribution >= 4 is 27.0 Å². The molecule has 1 aromatic carbocycles. The minimum absolute atomic E-state index is 0.145. The van der Waals surface area contributed by atoms with Crippen molar-refractivity contribution < 1.29 is 13.0 Å². The van der Waals surface area contributed by atoms with Gasteiger partial charge in [-0.15, -0.1) is 0 Å². The van der Waals surface area contributed by atoms with Gasteiger partial charge < -0.3 is 5.32 Å². The normalized spacial score (nSPS) is 11.6. The summed E-state index contributed by atoms with van der Waals surface area (Å²) < 4.78 is 33.1. The van der Waals surface area contributed by atoms with Gasteiger partial charge >= 0.3 is 0 Å². The van der Waals surface area contributed by atoms with Crippen molar-refractivity contribution in [2.75, 3.05) is 5.32 Å². The number of hydrogen-bond donors (Lipinski definition) is 2. The Hall–Kier alpha value is -3.37. The number of aryl methyl sites for hydroxylation is 1. The Morgan fingerprint density at radius 2 is 1.79 bits per heavy atom. The van der Waals surface area contributed by atoms with Crippen LogP contribution in [0.2, 0.25) is 0 Å². The van der Waals surface area contributed by atoms with Crippen molar-refractivity contribution in [1.29, 1.82) is 0 Å². The average molecular weight is 396 g/mol. The number of pyridine rings is 1. The lowest BCUT2D eigenvalue weighted by atomic mass is 10.2. The smallest absolute Gasteiger partial charge is 0.294 e. The van der Waals surface area contributed by atoms with Crippen molar-refractivity contribution in [2.45, 2.75) is 11.4 Å². The molecule has 9 nitrogen and oxygen atoms in total. The second-order valence-corrected chi connectivity index (χ2v) is 7.53. The van der Waals surface area contributed by atoms with Gasteiger partial charge in [0.25, 0.3) is 10.1 Å². The first-order chi connectivity index (χ1) is 13.4. The minimum atomic E-state index is -4.21. The molecular formula is C18H16N6O3S. The van der Waals surface area contributed by atoms with Gasteiger partial charge in [0.1, 0.15) is 5.82 Å². The standard InChI is InChI=1S/C18H16N6O3S/c1-24-18-15(11-21-24)17(22-16(23-18)13-6-8-19-9-7-13)20-10-12-2-4-14(5-3-12)28(25,26)27/h2-9,11H,10H2,1H3,(H,20,22,23)(H,25,26,27). The van der Waals surface area contributed by atoms with Gasteiger partial charge in [-0.05, 0) is 29.8 Å². The average Bonchev–Trinajstić information content (AvgIpc) is 3.07. The van der Waals surface area contributed by atoms with Crippen molar-refractivity contribution in [3.05, 3.63) is 60.6 Å². The number of nitrogens with zero attached hydrogens (tertiary/aromatic N) is 5. The van der Waals surface area contributed by atoms with Crippen LogP contribution in [0.1, 0.15) is 5.56 Å². The van der Waals surface area contributed by atoms with Crippen LogP contribution in [0.5, 0.6) is 0 Å². The van der Waals surface area contributed by atoms with Crippen molar-refractivity contribution in [1.82, 2.24) is 24.7 Å². The fourth-order valence-corrected chi connectivity index (χ4v) is 3.23. The predicted molar refractivity (Wildman–Crippen MR) is 103 cm³/mol. The number of aromatic nitrogens is 5. The summed E-state index contributed by atoms with van der Waals surface area (Å²) in [6.07, 6.45) is 5.04. The maximum Gasteiger partial charge on any atom is 0.294 e. The summed E-state index contributed by atoms with van der Waals surface area (Å²) in [7, 11) is -2.40. The molecule has 0 aliphatic carbocycles. The molecule has 0 amide bonds. The Morgan fingerprint density at radius 3 is 2.46 bits per heavy atom. The second kappa shape index (κ2) is 6.98. The van der Waals surface area contributed by atoms with E-state index in [2.05, 4.69) is 25.4 Å². The number of fused-ring (bicyclic) bond motifs is 1. The van der Waals surface area contributed by atoms with Gasteiger partial charge in [-0.1, -0.05) is 12.1 Å². The lowest BCUT2D eigenvalue weighted by molar-refractivity contribution is 0.483. The van der Waals surface area contributed by atoms with Gasteiger partial charge in [0.05, 0.1) is 16.5 Å². The van der Waals surface area contributed by atoms with Gasteiger partial charge in [-0.2, -0.15) is 13.5 Å². The molecule has 0 spiro atoms. The molecule has 0 saturated carbocycles. The van der Waals surface area contributed by atoms with E-state index in [1.807, 2.05) is 19.2 Å². The van der Waals surface area contributed by atoms with Crippen LogP contribution in [0.3, 0.4) is 0 Å². The van der Waals surface area contributed by atoms with E-state index in [1.54, 1.807) is 35.4 Å². The molecule has 0 bridgehead atoms. The van der Waals surface area contributed by atoms with Crippen LogP contribution in [-0.2, 0) is 23.7 Å². The van der Waals surface area contributed by atoms with E-state index >= 15 is 0 Å². The van der Waals surface area contributed by atoms with Crippen LogP contribution in [-0.4, -0.2) is 37.7 Å². The van der Waals surface area contributed by atoms with Gasteiger partial charge in [-0.25, -0.2) is 9.97 Å². The fraction of sp³-hybridized carbons (Fsp3) is 0.111. The number of hydrogen-bond acceptors (Lipinski definition) is 7. The lowest BCUT2D eigenvalue weighted by Crippen LogP contribution is -2.05. The molecule has 0 radical (unpaired) electrons. The third-order valence-corrected chi connectivity index (χ3v) is 5.08. The molecular weight excluding hydrogens is 380 g/mol. The first-order valence-corrected chi connectivity index (χ1v) is 9.76. The SMILES string of the molecule is Cn1ncc2c(NCc3ccc(S(=O)(=O)O)cc3)nc(-c3ccncc3)nc21. The van der Waals surface area contributed by atoms with E-state index in [0.717, 1.165) is 16.5 Å². The Morgan fingerprint density at radius 1 is 1.07 bits per heavy atom. The zero-order valence-corrected chi connectivity index (χ0v) is 15.6. The summed E-state index contributed by atoms with van der Waals surface area (Å²) in [5.74, 6) is 1.16. The molecule has 0 atom stereocenters. The molecule has 4 rings (SSSR count). The van der Waals surface area contributed by atoms with Gasteiger partial charge in [0, 0.05) is 31.5 Å². The molecule has 2 N–H and O–H groups in total. The highest BCUT2D eigenvalue weighted by Crippen LogP contribution is 2.24. The number of benzene rings is 1. The van der Waals surface area contributed by atoms with E-state index in [4.69, 9.17) is 4.55 Å². The fourth-order valence-electron chi connectivity index (χ4n) is 2.75. The largest absolute Gasteiger partial charge is 0.365 e. The second-order valence-electron chi connectivity index (χ2n) is 6.11. The minimum Gasteiger partial charge on any atom is -0.365 e. The van der Waals surface area contributed by atoms with E-state index in [1.165, 1.54) is 12.1 Å². The summed E-state index contributed by atoms with van der Waals surface area (Å²) >= 11 is 0. The molecule has 0 saturated heterocycles. The summed E-state index contributed by atoms with van der Waals surface area (Å²) in [6.45, 7) is 0.405. The van der Waals surface area contributed by atoms with Crippen LogP contribution in [0.15, 0.2) is 59.9 Å². The highest BCUT2D eigenvalue weighted by atomic mass is 32.2. The Bertz CT molecular complexity index is 1240. The predicted octanol–water partition coefficient (Wildman–Crippen LogP) is 2.28. The highest BCUT2D eigenvalue weighted by molar-refractivity contribution is 7.85. The highest BCUT2D eigenvalue weighted by Gasteiger charge is 2.13. The molecule has 0 fully saturated rings. The van der Waals surface area contributed by atoms with Crippen LogP contribution < -0.4 is 5.32 Å². The lowest BCUT2D eigenvalue weighted by Gasteiger charge is -2.10. The van der Waals surface area contributed by atoms with Crippen LogP contribution >= 0.6 is 0 Å². The maximum absolute atomic E-state index is 11.2. The molecule has 0 aliphatic heterocycles. The zero-order chi connectivity index (χ0) is 19.7. The number of nitrogens with one attached hydrogen (secondary N) is 1. The Balaban J connectivity index is 1.66. The Kier molecular flexibility index (Phi) is 4.49. The first-order valence-electron chi connectivity index (χ1n) is 8.32. The molecule has 142 valence electrons. The maximum atomic E-state index is 11.2. The molecule has 28 heavy (non-hydrogen) atoms. The molecule has 4 aromatic rings. The summed E-state index contributed by atoms with van der Waals surface area (Å²) in [5.41, 5.74) is 2.35. The van der Waals surface area contributed by atoms with Crippen molar-refractivity contribution in [3.63, 3.8) is 0 Å². The summed E-state index contributed by atoms with van der Waals surface area (Å²) in [5, 5.41) is 8.28. The molecule has 10 heteroatoms. The monoisotopic (exact) mass is 396 g/mol. The van der Waals surface area contributed by atoms with Gasteiger partial charge in [0.2, 0.25) is 0 Å². The van der Waals surface area contributed by atoms with E-state index < -0.39 is 10.1 Å². The van der Waals surface area contributed by atoms with E-state index in [0.29, 0.717) is 23.8 Å². The molecule has 0 unspecified atom stereocenters.